The molecule has 2 aromatic rings. The number of piperidine rings is 1. The predicted molar refractivity (Wildman–Crippen MR) is 101 cm³/mol. The van der Waals surface area contributed by atoms with Crippen LogP contribution < -0.4 is 9.46 Å². The largest absolute Gasteiger partial charge is 0.497 e. The normalized spacial score (nSPS) is 15.6. The van der Waals surface area contributed by atoms with Crippen LogP contribution in [-0.2, 0) is 10.0 Å². The average Bonchev–Trinajstić information content (AvgIpc) is 2.68. The first-order valence-electron chi connectivity index (χ1n) is 8.46. The molecule has 2 heterocycles. The second-order valence-electron chi connectivity index (χ2n) is 6.23. The number of carbonyl (C=O) groups excluding carboxylic acids is 1. The van der Waals surface area contributed by atoms with Crippen molar-refractivity contribution >= 4 is 27.5 Å². The predicted octanol–water partition coefficient (Wildman–Crippen LogP) is 2.33. The number of pyridine rings is 1. The van der Waals surface area contributed by atoms with Crippen LogP contribution in [0.1, 0.15) is 23.2 Å². The van der Waals surface area contributed by atoms with E-state index in [0.29, 0.717) is 42.4 Å². The molecule has 144 valence electrons. The van der Waals surface area contributed by atoms with E-state index < -0.39 is 10.0 Å². The number of likely N-dealkylation sites (tertiary alicyclic amines) is 1. The van der Waals surface area contributed by atoms with Crippen molar-refractivity contribution in [2.24, 2.45) is 0 Å². The number of hydrogen-bond donors (Lipinski definition) is 1. The summed E-state index contributed by atoms with van der Waals surface area (Å²) in [7, 11) is -2.09. The summed E-state index contributed by atoms with van der Waals surface area (Å²) >= 11 is 5.74. The van der Waals surface area contributed by atoms with Gasteiger partial charge < -0.3 is 9.64 Å². The van der Waals surface area contributed by atoms with Crippen LogP contribution in [0.3, 0.4) is 0 Å². The number of methoxy groups -OCH3 is 1. The van der Waals surface area contributed by atoms with Crippen molar-refractivity contribution in [3.63, 3.8) is 0 Å². The Bertz CT molecular complexity index is 893. The first-order valence-corrected chi connectivity index (χ1v) is 10.3. The van der Waals surface area contributed by atoms with E-state index in [-0.39, 0.29) is 16.8 Å². The Hall–Kier alpha value is -2.16. The Morgan fingerprint density at radius 1 is 1.19 bits per heavy atom. The Balaban J connectivity index is 1.58. The summed E-state index contributed by atoms with van der Waals surface area (Å²) in [5, 5.41) is 0.332. The average molecular weight is 410 g/mol. The molecule has 1 N–H and O–H groups in total. The van der Waals surface area contributed by atoms with Crippen LogP contribution in [-0.4, -0.2) is 50.5 Å². The molecule has 7 nitrogen and oxygen atoms in total. The monoisotopic (exact) mass is 409 g/mol. The molecule has 1 aromatic heterocycles. The lowest BCUT2D eigenvalue weighted by Gasteiger charge is -2.32. The molecule has 3 rings (SSSR count). The third kappa shape index (κ3) is 4.77. The highest BCUT2D eigenvalue weighted by Gasteiger charge is 2.27. The van der Waals surface area contributed by atoms with E-state index >= 15 is 0 Å². The number of nitrogens with zero attached hydrogens (tertiary/aromatic N) is 2. The van der Waals surface area contributed by atoms with Crippen LogP contribution in [0.5, 0.6) is 5.75 Å². The Labute approximate surface area is 163 Å². The molecular weight excluding hydrogens is 390 g/mol. The summed E-state index contributed by atoms with van der Waals surface area (Å²) in [6.07, 6.45) is 2.54. The third-order valence-electron chi connectivity index (χ3n) is 4.45. The van der Waals surface area contributed by atoms with Crippen molar-refractivity contribution in [1.82, 2.24) is 14.6 Å². The highest BCUT2D eigenvalue weighted by molar-refractivity contribution is 7.89. The molecule has 27 heavy (non-hydrogen) atoms. The van der Waals surface area contributed by atoms with Crippen LogP contribution in [0.15, 0.2) is 47.5 Å². The molecule has 9 heteroatoms. The molecule has 0 atom stereocenters. The van der Waals surface area contributed by atoms with Gasteiger partial charge in [0.15, 0.2) is 0 Å². The summed E-state index contributed by atoms with van der Waals surface area (Å²) in [5.74, 6) is 0.466. The van der Waals surface area contributed by atoms with E-state index in [4.69, 9.17) is 16.3 Å². The van der Waals surface area contributed by atoms with E-state index in [2.05, 4.69) is 9.71 Å². The topological polar surface area (TPSA) is 88.6 Å². The number of hydrogen-bond acceptors (Lipinski definition) is 5. The van der Waals surface area contributed by atoms with Crippen molar-refractivity contribution in [3.8, 4) is 5.75 Å². The number of ether oxygens (including phenoxy) is 1. The van der Waals surface area contributed by atoms with Gasteiger partial charge >= 0.3 is 0 Å². The number of sulfonamides is 1. The van der Waals surface area contributed by atoms with Gasteiger partial charge in [0.2, 0.25) is 10.0 Å². The van der Waals surface area contributed by atoms with Crippen molar-refractivity contribution in [3.05, 3.63) is 53.3 Å². The summed E-state index contributed by atoms with van der Waals surface area (Å²) in [6.45, 7) is 0.939. The highest BCUT2D eigenvalue weighted by Crippen LogP contribution is 2.19. The number of halogens is 1. The summed E-state index contributed by atoms with van der Waals surface area (Å²) in [5.41, 5.74) is 0.469. The number of benzene rings is 1. The van der Waals surface area contributed by atoms with Crippen LogP contribution in [0, 0.1) is 0 Å². The second kappa shape index (κ2) is 8.24. The van der Waals surface area contributed by atoms with Gasteiger partial charge in [-0.1, -0.05) is 11.6 Å². The summed E-state index contributed by atoms with van der Waals surface area (Å²) in [4.78, 5) is 18.3. The minimum absolute atomic E-state index is 0.129. The van der Waals surface area contributed by atoms with Crippen molar-refractivity contribution in [2.75, 3.05) is 20.2 Å². The second-order valence-corrected chi connectivity index (χ2v) is 8.33. The molecule has 1 aromatic carbocycles. The maximum absolute atomic E-state index is 12.5. The summed E-state index contributed by atoms with van der Waals surface area (Å²) in [6, 6.07) is 9.22. The fraction of sp³-hybridized carbons (Fsp3) is 0.333. The SMILES string of the molecule is COc1ccc(S(=O)(=O)NC2CCN(C(=O)c3ccc(Cl)nc3)CC2)cc1. The molecule has 1 aliphatic heterocycles. The quantitative estimate of drug-likeness (QED) is 0.765. The van der Waals surface area contributed by atoms with Crippen LogP contribution in [0.25, 0.3) is 0 Å². The number of aromatic nitrogens is 1. The van der Waals surface area contributed by atoms with E-state index in [9.17, 15) is 13.2 Å². The Kier molecular flexibility index (Phi) is 5.98. The van der Waals surface area contributed by atoms with Crippen LogP contribution >= 0.6 is 11.6 Å². The van der Waals surface area contributed by atoms with Crippen molar-refractivity contribution in [2.45, 2.75) is 23.8 Å². The van der Waals surface area contributed by atoms with Crippen molar-refractivity contribution < 1.29 is 17.9 Å². The molecule has 1 fully saturated rings. The molecule has 0 aliphatic carbocycles. The summed E-state index contributed by atoms with van der Waals surface area (Å²) < 4.78 is 32.8. The van der Waals surface area contributed by atoms with E-state index in [0.717, 1.165) is 0 Å². The van der Waals surface area contributed by atoms with Gasteiger partial charge in [-0.2, -0.15) is 0 Å². The first kappa shape index (κ1) is 19.6. The van der Waals surface area contributed by atoms with Gasteiger partial charge in [-0.15, -0.1) is 0 Å². The molecule has 1 aliphatic rings. The Morgan fingerprint density at radius 2 is 1.85 bits per heavy atom. The maximum Gasteiger partial charge on any atom is 0.255 e. The van der Waals surface area contributed by atoms with Gasteiger partial charge in [0.25, 0.3) is 5.91 Å². The van der Waals surface area contributed by atoms with Crippen molar-refractivity contribution in [1.29, 1.82) is 0 Å². The van der Waals surface area contributed by atoms with Gasteiger partial charge in [-0.05, 0) is 49.2 Å². The van der Waals surface area contributed by atoms with Crippen LogP contribution in [0.2, 0.25) is 5.15 Å². The minimum atomic E-state index is -3.61. The zero-order chi connectivity index (χ0) is 19.4. The first-order chi connectivity index (χ1) is 12.9. The van der Waals surface area contributed by atoms with Gasteiger partial charge in [0.1, 0.15) is 10.9 Å². The highest BCUT2D eigenvalue weighted by atomic mass is 35.5. The lowest BCUT2D eigenvalue weighted by atomic mass is 10.1. The zero-order valence-corrected chi connectivity index (χ0v) is 16.3. The molecule has 0 bridgehead atoms. The molecule has 0 saturated carbocycles. The van der Waals surface area contributed by atoms with Gasteiger partial charge in [0.05, 0.1) is 17.6 Å². The van der Waals surface area contributed by atoms with E-state index in [1.165, 1.54) is 25.4 Å². The molecule has 0 radical (unpaired) electrons. The molecule has 1 amide bonds. The van der Waals surface area contributed by atoms with Gasteiger partial charge in [0, 0.05) is 25.3 Å². The van der Waals surface area contributed by atoms with E-state index in [1.807, 2.05) is 0 Å². The smallest absolute Gasteiger partial charge is 0.255 e. The third-order valence-corrected chi connectivity index (χ3v) is 6.21. The number of rotatable bonds is 5. The molecule has 0 spiro atoms. The lowest BCUT2D eigenvalue weighted by molar-refractivity contribution is 0.0711. The molecule has 0 unspecified atom stereocenters. The minimum Gasteiger partial charge on any atom is -0.497 e. The number of amides is 1. The zero-order valence-electron chi connectivity index (χ0n) is 14.8. The van der Waals surface area contributed by atoms with E-state index in [1.54, 1.807) is 29.2 Å². The molecule has 1 saturated heterocycles. The van der Waals surface area contributed by atoms with Gasteiger partial charge in [-0.25, -0.2) is 18.1 Å². The van der Waals surface area contributed by atoms with Gasteiger partial charge in [-0.3, -0.25) is 4.79 Å². The maximum atomic E-state index is 12.5. The lowest BCUT2D eigenvalue weighted by Crippen LogP contribution is -2.46. The fourth-order valence-corrected chi connectivity index (χ4v) is 4.34. The van der Waals surface area contributed by atoms with Crippen LogP contribution in [0.4, 0.5) is 0 Å². The fourth-order valence-electron chi connectivity index (χ4n) is 2.93. The number of nitrogens with one attached hydrogen (secondary N) is 1. The molecular formula is C18H20ClN3O4S. The standard InChI is InChI=1S/C18H20ClN3O4S/c1-26-15-3-5-16(6-4-15)27(24,25)21-14-8-10-22(11-9-14)18(23)13-2-7-17(19)20-12-13/h2-7,12,14,21H,8-11H2,1H3. The Morgan fingerprint density at radius 3 is 2.41 bits per heavy atom. The number of carbonyl (C=O) groups is 1.